The molecule has 0 spiro atoms. The van der Waals surface area contributed by atoms with E-state index in [-0.39, 0.29) is 5.91 Å². The van der Waals surface area contributed by atoms with Crippen molar-refractivity contribution in [1.29, 1.82) is 0 Å². The highest BCUT2D eigenvalue weighted by atomic mass is 16.2. The maximum Gasteiger partial charge on any atom is 0.223 e. The first-order valence-electron chi connectivity index (χ1n) is 6.51. The van der Waals surface area contributed by atoms with Crippen LogP contribution in [0.4, 0.5) is 5.82 Å². The Labute approximate surface area is 108 Å². The van der Waals surface area contributed by atoms with E-state index in [1.165, 1.54) is 0 Å². The molecule has 5 nitrogen and oxygen atoms in total. The van der Waals surface area contributed by atoms with Gasteiger partial charge in [-0.25, -0.2) is 4.98 Å². The van der Waals surface area contributed by atoms with E-state index < -0.39 is 0 Å². The second-order valence-electron chi connectivity index (χ2n) is 4.90. The molecule has 98 valence electrons. The minimum Gasteiger partial charge on any atom is -0.369 e. The third kappa shape index (κ3) is 3.18. The maximum absolute atomic E-state index is 11.7. The molecule has 1 aromatic heterocycles. The summed E-state index contributed by atoms with van der Waals surface area (Å²) in [5.74, 6) is 1.47. The summed E-state index contributed by atoms with van der Waals surface area (Å²) in [6.45, 7) is 6.51. The molecule has 0 aliphatic carbocycles. The van der Waals surface area contributed by atoms with Gasteiger partial charge >= 0.3 is 0 Å². The molecule has 1 saturated heterocycles. The van der Waals surface area contributed by atoms with Gasteiger partial charge in [-0.05, 0) is 12.3 Å². The fourth-order valence-electron chi connectivity index (χ4n) is 2.10. The van der Waals surface area contributed by atoms with Gasteiger partial charge in [0.05, 0.1) is 24.6 Å². The minimum absolute atomic E-state index is 0.220. The summed E-state index contributed by atoms with van der Waals surface area (Å²) >= 11 is 0. The zero-order valence-corrected chi connectivity index (χ0v) is 11.0. The summed E-state index contributed by atoms with van der Waals surface area (Å²) in [6, 6.07) is 0. The molecule has 1 atom stereocenters. The van der Waals surface area contributed by atoms with Gasteiger partial charge in [-0.2, -0.15) is 0 Å². The van der Waals surface area contributed by atoms with Gasteiger partial charge in [-0.15, -0.1) is 0 Å². The van der Waals surface area contributed by atoms with Crippen LogP contribution in [-0.2, 0) is 11.3 Å². The van der Waals surface area contributed by atoms with Crippen molar-refractivity contribution in [3.8, 4) is 0 Å². The molecule has 0 radical (unpaired) electrons. The molecule has 1 amide bonds. The fourth-order valence-corrected chi connectivity index (χ4v) is 2.10. The molecule has 2 rings (SSSR count). The Kier molecular flexibility index (Phi) is 4.12. The molecule has 2 heterocycles. The van der Waals surface area contributed by atoms with Crippen molar-refractivity contribution in [3.05, 3.63) is 18.1 Å². The van der Waals surface area contributed by atoms with E-state index in [4.69, 9.17) is 0 Å². The number of aromatic nitrogens is 2. The molecule has 1 N–H and O–H groups in total. The number of carbonyl (C=O) groups excluding carboxylic acids is 1. The topological polar surface area (TPSA) is 58.1 Å². The van der Waals surface area contributed by atoms with Crippen LogP contribution in [0.5, 0.6) is 0 Å². The van der Waals surface area contributed by atoms with E-state index >= 15 is 0 Å². The average Bonchev–Trinajstić information content (AvgIpc) is 2.67. The summed E-state index contributed by atoms with van der Waals surface area (Å²) in [5.41, 5.74) is 0.847. The van der Waals surface area contributed by atoms with E-state index in [1.807, 2.05) is 4.90 Å². The Bertz CT molecular complexity index is 404. The first-order chi connectivity index (χ1) is 8.69. The Balaban J connectivity index is 1.92. The van der Waals surface area contributed by atoms with Crippen LogP contribution in [0.25, 0.3) is 0 Å². The molecular weight excluding hydrogens is 228 g/mol. The molecule has 1 aliphatic rings. The molecule has 18 heavy (non-hydrogen) atoms. The van der Waals surface area contributed by atoms with Crippen molar-refractivity contribution < 1.29 is 4.79 Å². The molecule has 0 bridgehead atoms. The number of hydrogen-bond acceptors (Lipinski definition) is 4. The number of likely N-dealkylation sites (tertiary alicyclic amines) is 1. The van der Waals surface area contributed by atoms with Gasteiger partial charge < -0.3 is 10.2 Å². The second kappa shape index (κ2) is 5.80. The smallest absolute Gasteiger partial charge is 0.223 e. The quantitative estimate of drug-likeness (QED) is 0.861. The fraction of sp³-hybridized carbons (Fsp3) is 0.615. The standard InChI is InChI=1S/C13H20N4O/c1-3-4-14-12-7-15-11(6-16-12)9-17-8-10(2)5-13(17)18/h6-7,10H,3-5,8-9H2,1-2H3,(H,14,16). The highest BCUT2D eigenvalue weighted by molar-refractivity contribution is 5.78. The van der Waals surface area contributed by atoms with Gasteiger partial charge in [0.1, 0.15) is 5.82 Å². The van der Waals surface area contributed by atoms with Crippen LogP contribution in [0.15, 0.2) is 12.4 Å². The van der Waals surface area contributed by atoms with Crippen LogP contribution < -0.4 is 5.32 Å². The third-order valence-electron chi connectivity index (χ3n) is 3.02. The van der Waals surface area contributed by atoms with Crippen LogP contribution in [0.2, 0.25) is 0 Å². The van der Waals surface area contributed by atoms with Crippen LogP contribution in [-0.4, -0.2) is 33.9 Å². The summed E-state index contributed by atoms with van der Waals surface area (Å²) in [7, 11) is 0. The lowest BCUT2D eigenvalue weighted by Gasteiger charge is -2.15. The summed E-state index contributed by atoms with van der Waals surface area (Å²) in [5, 5.41) is 3.18. The van der Waals surface area contributed by atoms with E-state index in [2.05, 4.69) is 29.1 Å². The number of hydrogen-bond donors (Lipinski definition) is 1. The SMILES string of the molecule is CCCNc1cnc(CN2CC(C)CC2=O)cn1. The Morgan fingerprint density at radius 1 is 1.44 bits per heavy atom. The summed E-state index contributed by atoms with van der Waals surface area (Å²) in [4.78, 5) is 22.1. The Morgan fingerprint density at radius 3 is 2.83 bits per heavy atom. The predicted molar refractivity (Wildman–Crippen MR) is 70.0 cm³/mol. The number of amides is 1. The van der Waals surface area contributed by atoms with Crippen molar-refractivity contribution >= 4 is 11.7 Å². The van der Waals surface area contributed by atoms with Crippen LogP contribution in [0.3, 0.4) is 0 Å². The van der Waals surface area contributed by atoms with Gasteiger partial charge in [0, 0.05) is 19.5 Å². The molecule has 1 fully saturated rings. The molecular formula is C13H20N4O. The largest absolute Gasteiger partial charge is 0.369 e. The lowest BCUT2D eigenvalue weighted by Crippen LogP contribution is -2.25. The Hall–Kier alpha value is -1.65. The first kappa shape index (κ1) is 12.8. The average molecular weight is 248 g/mol. The minimum atomic E-state index is 0.220. The molecule has 0 aromatic carbocycles. The van der Waals surface area contributed by atoms with Crippen molar-refractivity contribution in [2.24, 2.45) is 5.92 Å². The van der Waals surface area contributed by atoms with Gasteiger partial charge in [0.25, 0.3) is 0 Å². The number of nitrogens with one attached hydrogen (secondary N) is 1. The van der Waals surface area contributed by atoms with Gasteiger partial charge in [0.15, 0.2) is 0 Å². The van der Waals surface area contributed by atoms with E-state index in [1.54, 1.807) is 12.4 Å². The molecule has 1 unspecified atom stereocenters. The van der Waals surface area contributed by atoms with Crippen LogP contribution in [0, 0.1) is 5.92 Å². The molecule has 1 aliphatic heterocycles. The van der Waals surface area contributed by atoms with Crippen LogP contribution in [0.1, 0.15) is 32.4 Å². The second-order valence-corrected chi connectivity index (χ2v) is 4.90. The summed E-state index contributed by atoms with van der Waals surface area (Å²) < 4.78 is 0. The van der Waals surface area contributed by atoms with Gasteiger partial charge in [-0.1, -0.05) is 13.8 Å². The lowest BCUT2D eigenvalue weighted by molar-refractivity contribution is -0.128. The lowest BCUT2D eigenvalue weighted by atomic mass is 10.2. The van der Waals surface area contributed by atoms with Crippen molar-refractivity contribution in [2.75, 3.05) is 18.4 Å². The number of rotatable bonds is 5. The van der Waals surface area contributed by atoms with Crippen molar-refractivity contribution in [1.82, 2.24) is 14.9 Å². The normalized spacial score (nSPS) is 19.3. The third-order valence-corrected chi connectivity index (χ3v) is 3.02. The Morgan fingerprint density at radius 2 is 2.28 bits per heavy atom. The first-order valence-corrected chi connectivity index (χ1v) is 6.51. The van der Waals surface area contributed by atoms with Gasteiger partial charge in [-0.3, -0.25) is 9.78 Å². The van der Waals surface area contributed by atoms with Crippen molar-refractivity contribution in [3.63, 3.8) is 0 Å². The highest BCUT2D eigenvalue weighted by Crippen LogP contribution is 2.18. The van der Waals surface area contributed by atoms with E-state index in [9.17, 15) is 4.79 Å². The van der Waals surface area contributed by atoms with E-state index in [0.29, 0.717) is 18.9 Å². The number of carbonyl (C=O) groups is 1. The summed E-state index contributed by atoms with van der Waals surface area (Å²) in [6.07, 6.45) is 5.19. The molecule has 0 saturated carbocycles. The molecule has 1 aromatic rings. The monoisotopic (exact) mass is 248 g/mol. The zero-order chi connectivity index (χ0) is 13.0. The predicted octanol–water partition coefficient (Wildman–Crippen LogP) is 1.67. The number of nitrogens with zero attached hydrogens (tertiary/aromatic N) is 3. The van der Waals surface area contributed by atoms with Gasteiger partial charge in [0.2, 0.25) is 5.91 Å². The zero-order valence-electron chi connectivity index (χ0n) is 11.0. The number of anilines is 1. The molecule has 5 heteroatoms. The van der Waals surface area contributed by atoms with E-state index in [0.717, 1.165) is 31.0 Å². The van der Waals surface area contributed by atoms with Crippen molar-refractivity contribution in [2.45, 2.75) is 33.2 Å². The maximum atomic E-state index is 11.7. The van der Waals surface area contributed by atoms with Crippen LogP contribution >= 0.6 is 0 Å². The highest BCUT2D eigenvalue weighted by Gasteiger charge is 2.26.